The van der Waals surface area contributed by atoms with E-state index in [4.69, 9.17) is 18.9 Å². The summed E-state index contributed by atoms with van der Waals surface area (Å²) < 4.78 is 24.0. The molecule has 236 valence electrons. The maximum Gasteiger partial charge on any atom is 0.333 e. The number of carbonyl (C=O) groups is 2. The molecule has 0 radical (unpaired) electrons. The summed E-state index contributed by atoms with van der Waals surface area (Å²) in [6.07, 6.45) is 0.709. The predicted molar refractivity (Wildman–Crippen MR) is 147 cm³/mol. The number of hydrogen-bond acceptors (Lipinski definition) is 11. The molecule has 4 aliphatic rings. The molecule has 1 aromatic heterocycles. The summed E-state index contributed by atoms with van der Waals surface area (Å²) in [5.74, 6) is -5.49. The van der Waals surface area contributed by atoms with Crippen molar-refractivity contribution < 1.29 is 59.2 Å². The average Bonchev–Trinajstić information content (AvgIpc) is 3.49. The number of aliphatic hydroxyl groups is 5. The van der Waals surface area contributed by atoms with Crippen molar-refractivity contribution in [2.45, 2.75) is 73.8 Å². The van der Waals surface area contributed by atoms with Crippen molar-refractivity contribution in [3.63, 3.8) is 0 Å². The standard InChI is InChI=1S/C30H38NO12/c1-3-16-19(13-24(35)36)17(26(37)40-2)6-7-21(16)41-29(15-34)28(39)10-8-20-18-9-11-31-25(18)22(5-4-12-32)42-30(20,27(28)38)23(14-33)43-29/h3,6,9,11,16,19,21,23,27,32-34,38-39H,1,4-5,7-8,10,12-15H2,2H3,(H,35,36)/q-1/t16-,19+,21-,23-,27-,28-,29-,30-/m1/s1. The number of carboxylic acids is 1. The minimum Gasteiger partial charge on any atom is -0.661 e. The van der Waals surface area contributed by atoms with Crippen molar-refractivity contribution in [1.82, 2.24) is 4.98 Å². The molecule has 1 saturated heterocycles. The Hall–Kier alpha value is -3.04. The first-order valence-corrected chi connectivity index (χ1v) is 14.3. The topological polar surface area (TPSA) is 207 Å². The van der Waals surface area contributed by atoms with Crippen LogP contribution in [0.25, 0.3) is 11.3 Å². The van der Waals surface area contributed by atoms with Crippen LogP contribution in [-0.4, -0.2) is 105 Å². The monoisotopic (exact) mass is 604 g/mol. The highest BCUT2D eigenvalue weighted by atomic mass is 16.7. The highest BCUT2D eigenvalue weighted by molar-refractivity contribution is 5.90. The molecule has 1 spiro atoms. The van der Waals surface area contributed by atoms with Crippen LogP contribution >= 0.6 is 0 Å². The van der Waals surface area contributed by atoms with Gasteiger partial charge >= 0.3 is 11.9 Å². The summed E-state index contributed by atoms with van der Waals surface area (Å²) in [7, 11) is 1.19. The van der Waals surface area contributed by atoms with Crippen molar-refractivity contribution in [2.24, 2.45) is 11.8 Å². The second kappa shape index (κ2) is 11.8. The van der Waals surface area contributed by atoms with Crippen LogP contribution in [0.5, 0.6) is 0 Å². The van der Waals surface area contributed by atoms with E-state index in [0.717, 1.165) is 0 Å². The van der Waals surface area contributed by atoms with E-state index in [0.29, 0.717) is 28.3 Å². The molecule has 0 unspecified atom stereocenters. The van der Waals surface area contributed by atoms with Crippen molar-refractivity contribution in [3.8, 4) is 0 Å². The van der Waals surface area contributed by atoms with Crippen LogP contribution in [0.4, 0.5) is 0 Å². The summed E-state index contributed by atoms with van der Waals surface area (Å²) >= 11 is 0. The molecule has 2 fully saturated rings. The molecule has 5 rings (SSSR count). The molecule has 1 aromatic rings. The maximum atomic E-state index is 12.5. The SMILES string of the molecule is C=C[C@@H]1[C@H](CC(=O)O)C(C(=O)OC)=CC[C@H]1O[C@]1(CO)O[C@H](CO)[C@]23OC(CCCO)=c4[n-]ccc4=C2CC[C@@]1(O)[C@H]3O. The smallest absolute Gasteiger partial charge is 0.333 e. The van der Waals surface area contributed by atoms with Gasteiger partial charge in [-0.25, -0.2) is 4.79 Å². The van der Waals surface area contributed by atoms with Gasteiger partial charge in [-0.05, 0) is 36.5 Å². The van der Waals surface area contributed by atoms with Crippen LogP contribution in [0.2, 0.25) is 0 Å². The van der Waals surface area contributed by atoms with Crippen LogP contribution in [0.3, 0.4) is 0 Å². The lowest BCUT2D eigenvalue weighted by molar-refractivity contribution is -0.434. The van der Waals surface area contributed by atoms with Crippen molar-refractivity contribution in [3.05, 3.63) is 47.1 Å². The Balaban J connectivity index is 1.57. The first kappa shape index (κ1) is 31.4. The van der Waals surface area contributed by atoms with E-state index in [2.05, 4.69) is 11.6 Å². The number of ether oxygens (including phenoxy) is 4. The van der Waals surface area contributed by atoms with Crippen molar-refractivity contribution in [2.75, 3.05) is 26.9 Å². The number of methoxy groups -OCH3 is 1. The quantitative estimate of drug-likeness (QED) is 0.122. The Kier molecular flexibility index (Phi) is 8.62. The number of nitrogens with zero attached hydrogens (tertiary/aromatic N) is 1. The molecule has 6 N–H and O–H groups in total. The second-order valence-electron chi connectivity index (χ2n) is 11.4. The van der Waals surface area contributed by atoms with Gasteiger partial charge in [-0.15, -0.1) is 6.58 Å². The molecule has 43 heavy (non-hydrogen) atoms. The number of fused-ring (bicyclic) bond motifs is 2. The number of hydrogen-bond donors (Lipinski definition) is 6. The number of carboxylic acid groups (broad SMARTS) is 1. The number of esters is 1. The average molecular weight is 605 g/mol. The van der Waals surface area contributed by atoms with E-state index >= 15 is 0 Å². The normalized spacial score (nSPS) is 36.6. The third-order valence-corrected chi connectivity index (χ3v) is 9.37. The van der Waals surface area contributed by atoms with Gasteiger partial charge in [0.15, 0.2) is 11.2 Å². The molecular formula is C30H38NO12-. The van der Waals surface area contributed by atoms with E-state index in [1.54, 1.807) is 12.3 Å². The van der Waals surface area contributed by atoms with E-state index in [1.165, 1.54) is 19.3 Å². The van der Waals surface area contributed by atoms with Gasteiger partial charge in [0, 0.05) is 30.4 Å². The molecule has 13 nitrogen and oxygen atoms in total. The van der Waals surface area contributed by atoms with Gasteiger partial charge in [-0.1, -0.05) is 23.6 Å². The predicted octanol–water partition coefficient (Wildman–Crippen LogP) is -1.81. The molecule has 2 aliphatic carbocycles. The summed E-state index contributed by atoms with van der Waals surface area (Å²) in [5.41, 5.74) is -3.31. The Morgan fingerprint density at radius 3 is 2.67 bits per heavy atom. The molecule has 0 amide bonds. The lowest BCUT2D eigenvalue weighted by atomic mass is 9.61. The number of aliphatic carboxylic acids is 1. The van der Waals surface area contributed by atoms with Crippen LogP contribution in [0, 0.1) is 11.8 Å². The van der Waals surface area contributed by atoms with E-state index in [1.807, 2.05) is 0 Å². The third kappa shape index (κ3) is 4.65. The fraction of sp³-hybridized carbons (Fsp3) is 0.600. The Bertz CT molecular complexity index is 1420. The Morgan fingerprint density at radius 1 is 1.28 bits per heavy atom. The van der Waals surface area contributed by atoms with Gasteiger partial charge in [-0.2, -0.15) is 6.20 Å². The Morgan fingerprint density at radius 2 is 2.05 bits per heavy atom. The maximum absolute atomic E-state index is 12.5. The first-order valence-electron chi connectivity index (χ1n) is 14.3. The van der Waals surface area contributed by atoms with Crippen LogP contribution in [0.15, 0.2) is 36.6 Å². The molecule has 8 atom stereocenters. The van der Waals surface area contributed by atoms with Crippen molar-refractivity contribution in [1.29, 1.82) is 0 Å². The lowest BCUT2D eigenvalue weighted by Crippen LogP contribution is -2.83. The minimum atomic E-state index is -2.29. The number of carbonyl (C=O) groups excluding carboxylic acids is 1. The van der Waals surface area contributed by atoms with Crippen LogP contribution < -0.4 is 15.6 Å². The molecule has 0 aromatic carbocycles. The summed E-state index contributed by atoms with van der Waals surface area (Å²) in [6, 6.07) is 1.76. The first-order chi connectivity index (χ1) is 20.6. The van der Waals surface area contributed by atoms with Gasteiger partial charge < -0.3 is 54.6 Å². The molecule has 2 aliphatic heterocycles. The highest BCUT2D eigenvalue weighted by Gasteiger charge is 2.75. The molecule has 1 saturated carbocycles. The molecule has 13 heteroatoms. The van der Waals surface area contributed by atoms with Gasteiger partial charge in [0.1, 0.15) is 18.8 Å². The lowest BCUT2D eigenvalue weighted by Gasteiger charge is -2.64. The van der Waals surface area contributed by atoms with Gasteiger partial charge in [0.05, 0.1) is 32.0 Å². The second-order valence-corrected chi connectivity index (χ2v) is 11.4. The van der Waals surface area contributed by atoms with Gasteiger partial charge in [0.2, 0.25) is 5.79 Å². The fourth-order valence-corrected chi connectivity index (χ4v) is 7.35. The summed E-state index contributed by atoms with van der Waals surface area (Å²) in [5, 5.41) is 66.0. The van der Waals surface area contributed by atoms with E-state index in [9.17, 15) is 40.2 Å². The molecule has 2 bridgehead atoms. The summed E-state index contributed by atoms with van der Waals surface area (Å²) in [4.78, 5) is 28.6. The zero-order valence-corrected chi connectivity index (χ0v) is 23.8. The van der Waals surface area contributed by atoms with Gasteiger partial charge in [0.25, 0.3) is 0 Å². The minimum absolute atomic E-state index is 0.0406. The van der Waals surface area contributed by atoms with Crippen LogP contribution in [0.1, 0.15) is 38.5 Å². The largest absolute Gasteiger partial charge is 0.661 e. The van der Waals surface area contributed by atoms with E-state index < -0.39 is 78.7 Å². The summed E-state index contributed by atoms with van der Waals surface area (Å²) in [6.45, 7) is 2.07. The zero-order chi connectivity index (χ0) is 31.2. The third-order valence-electron chi connectivity index (χ3n) is 9.37. The zero-order valence-electron chi connectivity index (χ0n) is 23.8. The number of aromatic nitrogens is 1. The number of aliphatic hydroxyl groups excluding tert-OH is 4. The van der Waals surface area contributed by atoms with Crippen molar-refractivity contribution >= 4 is 23.3 Å². The highest BCUT2D eigenvalue weighted by Crippen LogP contribution is 2.57. The molecule has 3 heterocycles. The Labute approximate surface area is 247 Å². The van der Waals surface area contributed by atoms with Gasteiger partial charge in [-0.3, -0.25) is 4.79 Å². The molecular weight excluding hydrogens is 566 g/mol. The van der Waals surface area contributed by atoms with E-state index in [-0.39, 0.29) is 37.9 Å². The van der Waals surface area contributed by atoms with Crippen LogP contribution in [-0.2, 0) is 28.5 Å². The fourth-order valence-electron chi connectivity index (χ4n) is 7.35. The number of rotatable bonds is 11.